The lowest BCUT2D eigenvalue weighted by Crippen LogP contribution is -2.42. The van der Waals surface area contributed by atoms with Crippen molar-refractivity contribution in [2.24, 2.45) is 0 Å². The van der Waals surface area contributed by atoms with Crippen LogP contribution in [0.15, 0.2) is 72.8 Å². The quantitative estimate of drug-likeness (QED) is 0.261. The lowest BCUT2D eigenvalue weighted by atomic mass is 9.71. The molecule has 3 aromatic carbocycles. The average molecular weight is 585 g/mol. The van der Waals surface area contributed by atoms with E-state index in [2.05, 4.69) is 4.74 Å². The summed E-state index contributed by atoms with van der Waals surface area (Å²) in [6.07, 6.45) is -10.0. The third-order valence-corrected chi connectivity index (χ3v) is 7.68. The Labute approximate surface area is 232 Å². The molecule has 1 atom stereocenters. The maximum absolute atomic E-state index is 14.2. The van der Waals surface area contributed by atoms with E-state index in [1.54, 1.807) is 64.4 Å². The van der Waals surface area contributed by atoms with E-state index in [4.69, 9.17) is 0 Å². The van der Waals surface area contributed by atoms with Gasteiger partial charge in [0.15, 0.2) is 0 Å². The van der Waals surface area contributed by atoms with Crippen LogP contribution < -0.4 is 14.5 Å². The monoisotopic (exact) mass is 584 g/mol. The first kappa shape index (κ1) is 29.0. The van der Waals surface area contributed by atoms with Crippen molar-refractivity contribution in [3.8, 4) is 5.75 Å². The number of ether oxygens (including phenoxy) is 1. The molecule has 2 aliphatic rings. The predicted molar refractivity (Wildman–Crippen MR) is 140 cm³/mol. The zero-order valence-electron chi connectivity index (χ0n) is 21.9. The molecule has 220 valence electrons. The second-order valence-electron chi connectivity index (χ2n) is 10.7. The Morgan fingerprint density at radius 2 is 1.59 bits per heavy atom. The van der Waals surface area contributed by atoms with Crippen LogP contribution in [-0.4, -0.2) is 44.6 Å². The molecule has 0 bridgehead atoms. The number of hydrogen-bond acceptors (Lipinski definition) is 3. The Hall–Kier alpha value is -3.50. The smallest absolute Gasteiger partial charge is 0.406 e. The Morgan fingerprint density at radius 1 is 0.829 bits per heavy atom. The lowest BCUT2D eigenvalue weighted by Gasteiger charge is -2.35. The fourth-order valence-electron chi connectivity index (χ4n) is 6.00. The maximum Gasteiger partial charge on any atom is 0.573 e. The molecule has 0 spiro atoms. The van der Waals surface area contributed by atoms with Gasteiger partial charge in [0.2, 0.25) is 0 Å². The standard InChI is InChI=1S/C30H28F8N2O/c31-28(32)12-5-14-39(20-28)23-8-3-6-21(16-23)18-27(22-7-4-9-24(17-22)41-30(36,37)38)19-40(15-13-29(33,34)35)26-11-2-1-10-25(26)27/h1-4,6-11,16-17H,5,12-15,18-20H2. The molecule has 2 aliphatic heterocycles. The molecule has 11 heteroatoms. The van der Waals surface area contributed by atoms with Gasteiger partial charge < -0.3 is 14.5 Å². The molecular formula is C30H28F8N2O. The van der Waals surface area contributed by atoms with Gasteiger partial charge in [0.1, 0.15) is 5.75 Å². The van der Waals surface area contributed by atoms with E-state index in [0.717, 1.165) is 0 Å². The molecule has 3 aromatic rings. The van der Waals surface area contributed by atoms with Crippen LogP contribution in [0.4, 0.5) is 46.5 Å². The molecule has 0 aromatic heterocycles. The summed E-state index contributed by atoms with van der Waals surface area (Å²) in [4.78, 5) is 3.21. The molecule has 1 unspecified atom stereocenters. The molecule has 1 saturated heterocycles. The molecule has 0 radical (unpaired) electrons. The third kappa shape index (κ3) is 6.70. The van der Waals surface area contributed by atoms with Crippen molar-refractivity contribution in [2.75, 3.05) is 36.0 Å². The number of piperidine rings is 1. The van der Waals surface area contributed by atoms with E-state index in [1.807, 2.05) is 0 Å². The summed E-state index contributed by atoms with van der Waals surface area (Å²) in [6.45, 7) is -0.227. The Kier molecular flexibility index (Phi) is 7.59. The van der Waals surface area contributed by atoms with Gasteiger partial charge in [0.05, 0.1) is 13.0 Å². The number of benzene rings is 3. The van der Waals surface area contributed by atoms with Gasteiger partial charge in [-0.2, -0.15) is 13.2 Å². The van der Waals surface area contributed by atoms with Gasteiger partial charge in [-0.25, -0.2) is 8.78 Å². The van der Waals surface area contributed by atoms with E-state index in [0.29, 0.717) is 41.0 Å². The first-order chi connectivity index (χ1) is 19.2. The number of rotatable bonds is 7. The fourth-order valence-corrected chi connectivity index (χ4v) is 6.00. The molecule has 2 heterocycles. The molecule has 0 amide bonds. The Morgan fingerprint density at radius 3 is 2.32 bits per heavy atom. The van der Waals surface area contributed by atoms with Crippen molar-refractivity contribution in [3.05, 3.63) is 89.5 Å². The van der Waals surface area contributed by atoms with Gasteiger partial charge >= 0.3 is 12.5 Å². The zero-order chi connectivity index (χ0) is 29.5. The summed E-state index contributed by atoms with van der Waals surface area (Å²) >= 11 is 0. The summed E-state index contributed by atoms with van der Waals surface area (Å²) in [7, 11) is 0. The topological polar surface area (TPSA) is 15.7 Å². The summed E-state index contributed by atoms with van der Waals surface area (Å²) in [5.41, 5.74) is 1.93. The second kappa shape index (κ2) is 10.7. The molecule has 1 fully saturated rings. The summed E-state index contributed by atoms with van der Waals surface area (Å²) in [5, 5.41) is 0. The molecule has 5 rings (SSSR count). The van der Waals surface area contributed by atoms with Gasteiger partial charge in [-0.3, -0.25) is 0 Å². The summed E-state index contributed by atoms with van der Waals surface area (Å²) in [5.74, 6) is -3.26. The van der Waals surface area contributed by atoms with E-state index in [-0.39, 0.29) is 25.9 Å². The van der Waals surface area contributed by atoms with Crippen molar-refractivity contribution < 1.29 is 39.9 Å². The Balaban J connectivity index is 1.57. The maximum atomic E-state index is 14.2. The van der Waals surface area contributed by atoms with Crippen LogP contribution in [0.5, 0.6) is 5.75 Å². The van der Waals surface area contributed by atoms with Crippen LogP contribution in [-0.2, 0) is 11.8 Å². The second-order valence-corrected chi connectivity index (χ2v) is 10.7. The van der Waals surface area contributed by atoms with E-state index >= 15 is 0 Å². The van der Waals surface area contributed by atoms with E-state index in [9.17, 15) is 35.1 Å². The molecule has 41 heavy (non-hydrogen) atoms. The van der Waals surface area contributed by atoms with Crippen molar-refractivity contribution >= 4 is 11.4 Å². The largest absolute Gasteiger partial charge is 0.573 e. The SMILES string of the molecule is FC(F)(F)CCN1CC(Cc2cccc(N3CCCC(F)(F)C3)c2)(c2cccc(OC(F)(F)F)c2)c2ccccc21. The average Bonchev–Trinajstić information content (AvgIpc) is 3.20. The fraction of sp³-hybridized carbons (Fsp3) is 0.400. The van der Waals surface area contributed by atoms with Crippen LogP contribution in [0.3, 0.4) is 0 Å². The lowest BCUT2D eigenvalue weighted by molar-refractivity contribution is -0.274. The number of hydrogen-bond donors (Lipinski definition) is 0. The van der Waals surface area contributed by atoms with Gasteiger partial charge in [0, 0.05) is 42.8 Å². The molecule has 0 aliphatic carbocycles. The number of nitrogens with zero attached hydrogens (tertiary/aromatic N) is 2. The normalized spacial score (nSPS) is 20.7. The van der Waals surface area contributed by atoms with Gasteiger partial charge in [0.25, 0.3) is 5.92 Å². The third-order valence-electron chi connectivity index (χ3n) is 7.68. The predicted octanol–water partition coefficient (Wildman–Crippen LogP) is 8.12. The number of alkyl halides is 8. The van der Waals surface area contributed by atoms with Gasteiger partial charge in [-0.05, 0) is 59.9 Å². The zero-order valence-corrected chi connectivity index (χ0v) is 21.9. The van der Waals surface area contributed by atoms with E-state index in [1.165, 1.54) is 18.2 Å². The minimum atomic E-state index is -4.93. The van der Waals surface area contributed by atoms with Crippen LogP contribution in [0, 0.1) is 0 Å². The highest BCUT2D eigenvalue weighted by molar-refractivity contribution is 5.67. The first-order valence-electron chi connectivity index (χ1n) is 13.2. The molecule has 3 nitrogen and oxygen atoms in total. The number of fused-ring (bicyclic) bond motifs is 1. The van der Waals surface area contributed by atoms with Gasteiger partial charge in [-0.1, -0.05) is 42.5 Å². The first-order valence-corrected chi connectivity index (χ1v) is 13.2. The minimum Gasteiger partial charge on any atom is -0.406 e. The van der Waals surface area contributed by atoms with Crippen LogP contribution >= 0.6 is 0 Å². The summed E-state index contributed by atoms with van der Waals surface area (Å²) < 4.78 is 111. The highest BCUT2D eigenvalue weighted by atomic mass is 19.4. The van der Waals surface area contributed by atoms with Crippen molar-refractivity contribution in [1.82, 2.24) is 0 Å². The van der Waals surface area contributed by atoms with Crippen LogP contribution in [0.2, 0.25) is 0 Å². The highest BCUT2D eigenvalue weighted by Gasteiger charge is 2.45. The molecule has 0 N–H and O–H groups in total. The number of para-hydroxylation sites is 1. The van der Waals surface area contributed by atoms with Crippen LogP contribution in [0.25, 0.3) is 0 Å². The minimum absolute atomic E-state index is 0.0733. The Bertz CT molecular complexity index is 1370. The molecular weight excluding hydrogens is 556 g/mol. The van der Waals surface area contributed by atoms with Crippen molar-refractivity contribution in [2.45, 2.75) is 49.6 Å². The van der Waals surface area contributed by atoms with Crippen LogP contribution in [0.1, 0.15) is 36.0 Å². The number of anilines is 2. The highest BCUT2D eigenvalue weighted by Crippen LogP contribution is 2.48. The number of halogens is 8. The van der Waals surface area contributed by atoms with Crippen molar-refractivity contribution in [3.63, 3.8) is 0 Å². The van der Waals surface area contributed by atoms with Crippen molar-refractivity contribution in [1.29, 1.82) is 0 Å². The van der Waals surface area contributed by atoms with Gasteiger partial charge in [-0.15, -0.1) is 13.2 Å². The van der Waals surface area contributed by atoms with E-state index < -0.39 is 42.6 Å². The summed E-state index contributed by atoms with van der Waals surface area (Å²) in [6, 6.07) is 19.5. The molecule has 0 saturated carbocycles.